The van der Waals surface area contributed by atoms with Crippen LogP contribution in [0.4, 0.5) is 0 Å². The lowest BCUT2D eigenvalue weighted by Gasteiger charge is -2.19. The minimum absolute atomic E-state index is 0.0439. The maximum atomic E-state index is 13.0. The van der Waals surface area contributed by atoms with Crippen molar-refractivity contribution in [3.63, 3.8) is 0 Å². The Labute approximate surface area is 133 Å². The molecule has 0 spiro atoms. The zero-order chi connectivity index (χ0) is 15.1. The molecule has 0 radical (unpaired) electrons. The van der Waals surface area contributed by atoms with E-state index in [2.05, 4.69) is 10.1 Å². The molecule has 0 N–H and O–H groups in total. The van der Waals surface area contributed by atoms with Crippen LogP contribution in [0.3, 0.4) is 0 Å². The second kappa shape index (κ2) is 5.39. The number of aromatic nitrogens is 3. The molecule has 1 aromatic carbocycles. The summed E-state index contributed by atoms with van der Waals surface area (Å²) >= 11 is 6.11. The smallest absolute Gasteiger partial charge is 0.256 e. The van der Waals surface area contributed by atoms with Crippen LogP contribution in [0.2, 0.25) is 5.02 Å². The van der Waals surface area contributed by atoms with E-state index >= 15 is 0 Å². The van der Waals surface area contributed by atoms with E-state index < -0.39 is 0 Å². The highest BCUT2D eigenvalue weighted by atomic mass is 35.5. The van der Waals surface area contributed by atoms with E-state index in [-0.39, 0.29) is 5.91 Å². The van der Waals surface area contributed by atoms with Crippen LogP contribution >= 0.6 is 11.6 Å². The van der Waals surface area contributed by atoms with Gasteiger partial charge < -0.3 is 4.90 Å². The Bertz CT molecular complexity index is 688. The normalized spacial score (nSPS) is 23.8. The molecule has 5 nitrogen and oxygen atoms in total. The first-order chi connectivity index (χ1) is 10.7. The van der Waals surface area contributed by atoms with E-state index in [1.54, 1.807) is 23.1 Å². The Balaban J connectivity index is 1.67. The van der Waals surface area contributed by atoms with Crippen LogP contribution in [0.15, 0.2) is 30.9 Å². The van der Waals surface area contributed by atoms with Gasteiger partial charge in [-0.05, 0) is 42.9 Å². The Morgan fingerprint density at radius 2 is 2.00 bits per heavy atom. The van der Waals surface area contributed by atoms with E-state index in [1.165, 1.54) is 25.6 Å². The molecule has 1 saturated carbocycles. The molecular weight excluding hydrogens is 300 g/mol. The lowest BCUT2D eigenvalue weighted by molar-refractivity contribution is 0.0780. The topological polar surface area (TPSA) is 51.0 Å². The van der Waals surface area contributed by atoms with E-state index in [0.717, 1.165) is 18.8 Å². The lowest BCUT2D eigenvalue weighted by atomic mass is 10.0. The molecule has 2 heterocycles. The third-order valence-electron chi connectivity index (χ3n) is 4.87. The number of nitrogens with zero attached hydrogens (tertiary/aromatic N) is 4. The third-order valence-corrected chi connectivity index (χ3v) is 5.10. The standard InChI is InChI=1S/C16H17ClN4O/c17-13-4-5-15(21-10-18-9-19-21)14(6-13)16(22)20-7-11-2-1-3-12(11)8-20/h4-6,9-12H,1-3,7-8H2/t11-,12+. The van der Waals surface area contributed by atoms with Crippen molar-refractivity contribution in [2.75, 3.05) is 13.1 Å². The summed E-state index contributed by atoms with van der Waals surface area (Å²) in [6.07, 6.45) is 6.86. The highest BCUT2D eigenvalue weighted by Crippen LogP contribution is 2.38. The van der Waals surface area contributed by atoms with Gasteiger partial charge in [0.15, 0.2) is 0 Å². The number of fused-ring (bicyclic) bond motifs is 1. The van der Waals surface area contributed by atoms with Gasteiger partial charge in [-0.1, -0.05) is 18.0 Å². The molecule has 1 aliphatic carbocycles. The number of benzene rings is 1. The molecule has 6 heteroatoms. The Morgan fingerprint density at radius 3 is 2.68 bits per heavy atom. The van der Waals surface area contributed by atoms with Crippen molar-refractivity contribution in [1.29, 1.82) is 0 Å². The Kier molecular flexibility index (Phi) is 3.37. The van der Waals surface area contributed by atoms with Crippen LogP contribution in [0.5, 0.6) is 0 Å². The lowest BCUT2D eigenvalue weighted by Crippen LogP contribution is -2.30. The monoisotopic (exact) mass is 316 g/mol. The van der Waals surface area contributed by atoms with Gasteiger partial charge in [0.1, 0.15) is 12.7 Å². The molecule has 0 unspecified atom stereocenters. The summed E-state index contributed by atoms with van der Waals surface area (Å²) in [5, 5.41) is 4.70. The van der Waals surface area contributed by atoms with Crippen LogP contribution in [-0.2, 0) is 0 Å². The Hall–Kier alpha value is -1.88. The van der Waals surface area contributed by atoms with Crippen LogP contribution in [-0.4, -0.2) is 38.7 Å². The number of rotatable bonds is 2. The van der Waals surface area contributed by atoms with E-state index in [9.17, 15) is 4.79 Å². The molecule has 1 aliphatic heterocycles. The van der Waals surface area contributed by atoms with E-state index in [4.69, 9.17) is 11.6 Å². The molecule has 2 fully saturated rings. The van der Waals surface area contributed by atoms with Gasteiger partial charge in [-0.3, -0.25) is 4.79 Å². The van der Waals surface area contributed by atoms with Gasteiger partial charge in [-0.15, -0.1) is 0 Å². The predicted molar refractivity (Wildman–Crippen MR) is 83.1 cm³/mol. The number of likely N-dealkylation sites (tertiary alicyclic amines) is 1. The highest BCUT2D eigenvalue weighted by Gasteiger charge is 2.38. The van der Waals surface area contributed by atoms with Gasteiger partial charge >= 0.3 is 0 Å². The third kappa shape index (κ3) is 2.29. The number of amides is 1. The Morgan fingerprint density at radius 1 is 1.23 bits per heavy atom. The second-order valence-corrected chi connectivity index (χ2v) is 6.60. The molecule has 2 aromatic rings. The first-order valence-electron chi connectivity index (χ1n) is 7.66. The van der Waals surface area contributed by atoms with Crippen molar-refractivity contribution in [3.05, 3.63) is 41.4 Å². The van der Waals surface area contributed by atoms with Crippen LogP contribution in [0.1, 0.15) is 29.6 Å². The quantitative estimate of drug-likeness (QED) is 0.856. The average Bonchev–Trinajstić information content (AvgIpc) is 3.22. The summed E-state index contributed by atoms with van der Waals surface area (Å²) < 4.78 is 1.61. The van der Waals surface area contributed by atoms with Gasteiger partial charge in [0.2, 0.25) is 0 Å². The minimum Gasteiger partial charge on any atom is -0.338 e. The van der Waals surface area contributed by atoms with Crippen molar-refractivity contribution in [2.45, 2.75) is 19.3 Å². The molecule has 114 valence electrons. The van der Waals surface area contributed by atoms with Crippen molar-refractivity contribution >= 4 is 17.5 Å². The summed E-state index contributed by atoms with van der Waals surface area (Å²) in [6, 6.07) is 5.32. The molecule has 0 bridgehead atoms. The van der Waals surface area contributed by atoms with Crippen molar-refractivity contribution < 1.29 is 4.79 Å². The summed E-state index contributed by atoms with van der Waals surface area (Å²) in [4.78, 5) is 18.9. The first kappa shape index (κ1) is 13.8. The molecule has 2 aliphatic rings. The van der Waals surface area contributed by atoms with Gasteiger partial charge in [0.25, 0.3) is 5.91 Å². The average molecular weight is 317 g/mol. The number of hydrogen-bond acceptors (Lipinski definition) is 3. The van der Waals surface area contributed by atoms with Gasteiger partial charge in [-0.2, -0.15) is 5.10 Å². The number of carbonyl (C=O) groups excluding carboxylic acids is 1. The number of hydrogen-bond donors (Lipinski definition) is 0. The number of halogens is 1. The largest absolute Gasteiger partial charge is 0.338 e. The fourth-order valence-electron chi connectivity index (χ4n) is 3.78. The molecule has 2 atom stereocenters. The molecule has 22 heavy (non-hydrogen) atoms. The van der Waals surface area contributed by atoms with Crippen molar-refractivity contribution in [3.8, 4) is 5.69 Å². The van der Waals surface area contributed by atoms with Crippen LogP contribution in [0.25, 0.3) is 5.69 Å². The van der Waals surface area contributed by atoms with Gasteiger partial charge in [-0.25, -0.2) is 9.67 Å². The van der Waals surface area contributed by atoms with Crippen LogP contribution < -0.4 is 0 Å². The maximum Gasteiger partial charge on any atom is 0.256 e. The predicted octanol–water partition coefficient (Wildman–Crippen LogP) is 2.79. The molecule has 1 aromatic heterocycles. The fraction of sp³-hybridized carbons (Fsp3) is 0.438. The zero-order valence-corrected chi connectivity index (χ0v) is 12.9. The summed E-state index contributed by atoms with van der Waals surface area (Å²) in [6.45, 7) is 1.74. The number of carbonyl (C=O) groups is 1. The zero-order valence-electron chi connectivity index (χ0n) is 12.2. The molecular formula is C16H17ClN4O. The molecule has 4 rings (SSSR count). The van der Waals surface area contributed by atoms with E-state index in [1.807, 2.05) is 11.0 Å². The van der Waals surface area contributed by atoms with Gasteiger partial charge in [0, 0.05) is 18.1 Å². The minimum atomic E-state index is 0.0439. The SMILES string of the molecule is O=C(c1cc(Cl)ccc1-n1cncn1)N1C[C@H]2CCC[C@H]2C1. The maximum absolute atomic E-state index is 13.0. The molecule has 1 amide bonds. The summed E-state index contributed by atoms with van der Waals surface area (Å²) in [5.41, 5.74) is 1.32. The second-order valence-electron chi connectivity index (χ2n) is 6.16. The molecule has 1 saturated heterocycles. The van der Waals surface area contributed by atoms with E-state index in [0.29, 0.717) is 22.4 Å². The fourth-order valence-corrected chi connectivity index (χ4v) is 3.96. The first-order valence-corrected chi connectivity index (χ1v) is 8.04. The highest BCUT2D eigenvalue weighted by molar-refractivity contribution is 6.31. The van der Waals surface area contributed by atoms with Crippen LogP contribution in [0, 0.1) is 11.8 Å². The summed E-state index contributed by atoms with van der Waals surface area (Å²) in [7, 11) is 0. The summed E-state index contributed by atoms with van der Waals surface area (Å²) in [5.74, 6) is 1.40. The van der Waals surface area contributed by atoms with Crippen molar-refractivity contribution in [1.82, 2.24) is 19.7 Å². The van der Waals surface area contributed by atoms with Gasteiger partial charge in [0.05, 0.1) is 11.3 Å². The van der Waals surface area contributed by atoms with Crippen molar-refractivity contribution in [2.24, 2.45) is 11.8 Å².